The molecular weight excluding hydrogens is 542 g/mol. The Hall–Kier alpha value is -3.75. The normalized spacial score (nSPS) is 11.9. The lowest BCUT2D eigenvalue weighted by Crippen LogP contribution is -2.51. The van der Waals surface area contributed by atoms with Crippen molar-refractivity contribution in [3.8, 4) is 5.75 Å². The Balaban J connectivity index is 3.29. The Morgan fingerprint density at radius 2 is 1.29 bits per heavy atom. The smallest absolute Gasteiger partial charge is 0.320 e. The van der Waals surface area contributed by atoms with Crippen LogP contribution in [0.25, 0.3) is 0 Å². The standard InChI is InChI=1S/C27H41N3O11/c1-3-5-12-41-27(39)19-28(10-11-29(15-23(31)32)16-24(33)34)14-21(30(17-25(35)36)18-26(37)38)13-20-6-8-22(9-7-20)40-4-2/h6-9,21H,3-5,10-19H2,1-2H3,(H,31,32)(H,33,34)(H,35,36)(H,37,38)/t21-/m0/s1. The van der Waals surface area contributed by atoms with Crippen LogP contribution in [0.4, 0.5) is 0 Å². The van der Waals surface area contributed by atoms with E-state index in [0.29, 0.717) is 18.8 Å². The van der Waals surface area contributed by atoms with Gasteiger partial charge in [0.25, 0.3) is 0 Å². The largest absolute Gasteiger partial charge is 0.494 e. The first-order chi connectivity index (χ1) is 19.4. The molecule has 4 N–H and O–H groups in total. The summed E-state index contributed by atoms with van der Waals surface area (Å²) in [7, 11) is 0. The monoisotopic (exact) mass is 583 g/mol. The minimum atomic E-state index is -1.23. The number of benzene rings is 1. The fourth-order valence-electron chi connectivity index (χ4n) is 4.10. The molecule has 1 atom stereocenters. The Kier molecular flexibility index (Phi) is 16.6. The van der Waals surface area contributed by atoms with Gasteiger partial charge in [-0.3, -0.25) is 38.7 Å². The molecule has 41 heavy (non-hydrogen) atoms. The zero-order valence-electron chi connectivity index (χ0n) is 23.6. The summed E-state index contributed by atoms with van der Waals surface area (Å²) in [5.74, 6) is -4.85. The maximum atomic E-state index is 12.6. The van der Waals surface area contributed by atoms with Crippen molar-refractivity contribution in [1.29, 1.82) is 0 Å². The summed E-state index contributed by atoms with van der Waals surface area (Å²) in [5, 5.41) is 37.4. The second kappa shape index (κ2) is 19.3. The molecule has 0 radical (unpaired) electrons. The number of carboxylic acid groups (broad SMARTS) is 4. The zero-order valence-corrected chi connectivity index (χ0v) is 23.6. The van der Waals surface area contributed by atoms with Crippen LogP contribution >= 0.6 is 0 Å². The molecule has 1 aromatic rings. The number of hydrogen-bond donors (Lipinski definition) is 4. The molecule has 0 aromatic heterocycles. The average Bonchev–Trinajstić information content (AvgIpc) is 2.86. The lowest BCUT2D eigenvalue weighted by atomic mass is 10.0. The third kappa shape index (κ3) is 16.2. The maximum Gasteiger partial charge on any atom is 0.320 e. The Morgan fingerprint density at radius 3 is 1.78 bits per heavy atom. The number of ether oxygens (including phenoxy) is 2. The van der Waals surface area contributed by atoms with Crippen molar-refractivity contribution in [3.05, 3.63) is 29.8 Å². The van der Waals surface area contributed by atoms with Gasteiger partial charge in [-0.2, -0.15) is 0 Å². The predicted molar refractivity (Wildman–Crippen MR) is 146 cm³/mol. The van der Waals surface area contributed by atoms with Crippen molar-refractivity contribution in [2.45, 2.75) is 39.2 Å². The molecule has 0 fully saturated rings. The molecule has 0 aliphatic heterocycles. The Bertz CT molecular complexity index is 955. The summed E-state index contributed by atoms with van der Waals surface area (Å²) in [6, 6.07) is 6.35. The summed E-state index contributed by atoms with van der Waals surface area (Å²) >= 11 is 0. The fourth-order valence-corrected chi connectivity index (χ4v) is 4.10. The quantitative estimate of drug-likeness (QED) is 0.103. The van der Waals surface area contributed by atoms with E-state index in [1.807, 2.05) is 13.8 Å². The minimum absolute atomic E-state index is 0.0185. The number of hydrogen-bond acceptors (Lipinski definition) is 10. The zero-order chi connectivity index (χ0) is 30.8. The van der Waals surface area contributed by atoms with E-state index in [0.717, 1.165) is 12.0 Å². The molecular formula is C27H41N3O11. The van der Waals surface area contributed by atoms with Crippen molar-refractivity contribution in [2.24, 2.45) is 0 Å². The van der Waals surface area contributed by atoms with Crippen LogP contribution in [-0.4, -0.2) is 137 Å². The van der Waals surface area contributed by atoms with E-state index in [-0.39, 0.29) is 39.2 Å². The van der Waals surface area contributed by atoms with Crippen molar-refractivity contribution in [3.63, 3.8) is 0 Å². The second-order valence-electron chi connectivity index (χ2n) is 9.43. The lowest BCUT2D eigenvalue weighted by Gasteiger charge is -2.34. The molecule has 1 rings (SSSR count). The van der Waals surface area contributed by atoms with E-state index >= 15 is 0 Å². The van der Waals surface area contributed by atoms with Crippen LogP contribution in [0.5, 0.6) is 5.75 Å². The molecule has 0 unspecified atom stereocenters. The SMILES string of the molecule is CCCCOC(=O)CN(CCN(CC(=O)O)CC(=O)O)C[C@H](Cc1ccc(OCC)cc1)N(CC(=O)O)CC(=O)O. The van der Waals surface area contributed by atoms with Crippen LogP contribution in [0.2, 0.25) is 0 Å². The van der Waals surface area contributed by atoms with Gasteiger partial charge in [0.1, 0.15) is 5.75 Å². The van der Waals surface area contributed by atoms with Crippen LogP contribution in [-0.2, 0) is 35.1 Å². The van der Waals surface area contributed by atoms with E-state index in [9.17, 15) is 44.4 Å². The van der Waals surface area contributed by atoms with E-state index in [2.05, 4.69) is 0 Å². The van der Waals surface area contributed by atoms with E-state index in [1.165, 1.54) is 9.80 Å². The highest BCUT2D eigenvalue weighted by molar-refractivity contribution is 5.73. The molecule has 0 saturated heterocycles. The van der Waals surface area contributed by atoms with E-state index < -0.39 is 62.1 Å². The first-order valence-electron chi connectivity index (χ1n) is 13.4. The number of esters is 1. The molecule has 0 aliphatic rings. The van der Waals surface area contributed by atoms with Crippen LogP contribution in [0.15, 0.2) is 24.3 Å². The minimum Gasteiger partial charge on any atom is -0.494 e. The highest BCUT2D eigenvalue weighted by Gasteiger charge is 2.27. The average molecular weight is 584 g/mol. The van der Waals surface area contributed by atoms with Gasteiger partial charge in [0.15, 0.2) is 0 Å². The van der Waals surface area contributed by atoms with Gasteiger partial charge < -0.3 is 29.9 Å². The van der Waals surface area contributed by atoms with Crippen LogP contribution in [0.3, 0.4) is 0 Å². The third-order valence-corrected chi connectivity index (χ3v) is 5.93. The number of carboxylic acids is 4. The topological polar surface area (TPSA) is 194 Å². The van der Waals surface area contributed by atoms with Gasteiger partial charge in [0, 0.05) is 25.7 Å². The summed E-state index contributed by atoms with van der Waals surface area (Å²) < 4.78 is 10.7. The van der Waals surface area contributed by atoms with E-state index in [4.69, 9.17) is 9.47 Å². The highest BCUT2D eigenvalue weighted by Crippen LogP contribution is 2.16. The molecule has 0 spiro atoms. The van der Waals surface area contributed by atoms with Gasteiger partial charge in [-0.1, -0.05) is 25.5 Å². The summed E-state index contributed by atoms with van der Waals surface area (Å²) in [5.41, 5.74) is 0.767. The number of rotatable bonds is 23. The van der Waals surface area contributed by atoms with Gasteiger partial charge >= 0.3 is 29.8 Å². The number of nitrogens with zero attached hydrogens (tertiary/aromatic N) is 3. The van der Waals surface area contributed by atoms with E-state index in [1.54, 1.807) is 29.2 Å². The van der Waals surface area contributed by atoms with Crippen LogP contribution in [0, 0.1) is 0 Å². The lowest BCUT2D eigenvalue weighted by molar-refractivity contribution is -0.147. The van der Waals surface area contributed by atoms with Crippen molar-refractivity contribution >= 4 is 29.8 Å². The number of carbonyl (C=O) groups is 5. The first-order valence-corrected chi connectivity index (χ1v) is 13.4. The third-order valence-electron chi connectivity index (χ3n) is 5.93. The van der Waals surface area contributed by atoms with Gasteiger partial charge in [-0.05, 0) is 37.5 Å². The molecule has 0 heterocycles. The molecule has 0 aliphatic carbocycles. The van der Waals surface area contributed by atoms with Gasteiger partial charge in [-0.25, -0.2) is 0 Å². The van der Waals surface area contributed by atoms with Gasteiger partial charge in [-0.15, -0.1) is 0 Å². The highest BCUT2D eigenvalue weighted by atomic mass is 16.5. The molecule has 1 aromatic carbocycles. The predicted octanol–water partition coefficient (Wildman–Crippen LogP) is 0.584. The Morgan fingerprint density at radius 1 is 0.756 bits per heavy atom. The number of carbonyl (C=O) groups excluding carboxylic acids is 1. The molecule has 0 saturated carbocycles. The summed E-state index contributed by atoms with van der Waals surface area (Å²) in [6.45, 7) is 1.99. The summed E-state index contributed by atoms with van der Waals surface area (Å²) in [6.07, 6.45) is 1.68. The van der Waals surface area contributed by atoms with Crippen LogP contribution < -0.4 is 4.74 Å². The molecule has 14 nitrogen and oxygen atoms in total. The molecule has 0 bridgehead atoms. The summed E-state index contributed by atoms with van der Waals surface area (Å²) in [4.78, 5) is 62.5. The van der Waals surface area contributed by atoms with Crippen molar-refractivity contribution < 1.29 is 53.9 Å². The van der Waals surface area contributed by atoms with Gasteiger partial charge in [0.05, 0.1) is 45.9 Å². The second-order valence-corrected chi connectivity index (χ2v) is 9.43. The van der Waals surface area contributed by atoms with Crippen molar-refractivity contribution in [1.82, 2.24) is 14.7 Å². The Labute approximate surface area is 239 Å². The number of unbranched alkanes of at least 4 members (excludes halogenated alkanes) is 1. The first kappa shape index (κ1) is 35.3. The maximum absolute atomic E-state index is 12.6. The van der Waals surface area contributed by atoms with Crippen LogP contribution in [0.1, 0.15) is 32.3 Å². The molecule has 230 valence electrons. The molecule has 0 amide bonds. The van der Waals surface area contributed by atoms with Gasteiger partial charge in [0.2, 0.25) is 0 Å². The number of aliphatic carboxylic acids is 4. The van der Waals surface area contributed by atoms with Crippen molar-refractivity contribution in [2.75, 3.05) is 65.6 Å². The fraction of sp³-hybridized carbons (Fsp3) is 0.593. The molecule has 14 heteroatoms.